The molecule has 0 aliphatic carbocycles. The molecule has 5 rings (SSSR count). The molecule has 5 heteroatoms. The van der Waals surface area contributed by atoms with E-state index in [1.54, 1.807) is 12.1 Å². The van der Waals surface area contributed by atoms with Crippen molar-refractivity contribution in [3.8, 4) is 5.69 Å². The molecule has 2 heterocycles. The first-order chi connectivity index (χ1) is 16.1. The Morgan fingerprint density at radius 1 is 1.00 bits per heavy atom. The van der Waals surface area contributed by atoms with Crippen molar-refractivity contribution in [2.24, 2.45) is 0 Å². The van der Waals surface area contributed by atoms with E-state index in [-0.39, 0.29) is 5.82 Å². The van der Waals surface area contributed by atoms with Gasteiger partial charge in [-0.3, -0.25) is 9.80 Å². The van der Waals surface area contributed by atoms with Gasteiger partial charge in [0.1, 0.15) is 5.82 Å². The zero-order valence-corrected chi connectivity index (χ0v) is 19.4. The Hall–Kier alpha value is -3.02. The number of halogens is 1. The van der Waals surface area contributed by atoms with E-state index < -0.39 is 0 Å². The Bertz CT molecular complexity index is 1220. The van der Waals surface area contributed by atoms with E-state index in [0.717, 1.165) is 55.7 Å². The molecule has 0 N–H and O–H groups in total. The van der Waals surface area contributed by atoms with Crippen molar-refractivity contribution in [2.45, 2.75) is 32.9 Å². The van der Waals surface area contributed by atoms with E-state index >= 15 is 0 Å². The van der Waals surface area contributed by atoms with Crippen LogP contribution in [0.25, 0.3) is 16.6 Å². The first-order valence-corrected chi connectivity index (χ1v) is 11.9. The molecule has 0 amide bonds. The zero-order chi connectivity index (χ0) is 22.8. The molecule has 170 valence electrons. The Kier molecular flexibility index (Phi) is 6.25. The van der Waals surface area contributed by atoms with E-state index in [4.69, 9.17) is 0 Å². The third-order valence-electron chi connectivity index (χ3n) is 6.72. The molecule has 1 saturated heterocycles. The maximum absolute atomic E-state index is 13.4. The number of hydrogen-bond acceptors (Lipinski definition) is 3. The van der Waals surface area contributed by atoms with Gasteiger partial charge in [0.05, 0.1) is 17.4 Å². The summed E-state index contributed by atoms with van der Waals surface area (Å²) in [5.41, 5.74) is 5.96. The minimum Gasteiger partial charge on any atom is -0.296 e. The lowest BCUT2D eigenvalue weighted by atomic mass is 9.95. The summed E-state index contributed by atoms with van der Waals surface area (Å²) in [4.78, 5) is 5.22. The van der Waals surface area contributed by atoms with E-state index in [1.807, 2.05) is 10.9 Å². The third kappa shape index (κ3) is 4.56. The highest BCUT2D eigenvalue weighted by Gasteiger charge is 2.29. The fourth-order valence-corrected chi connectivity index (χ4v) is 5.06. The van der Waals surface area contributed by atoms with Gasteiger partial charge in [0, 0.05) is 37.6 Å². The molecule has 1 atom stereocenters. The zero-order valence-electron chi connectivity index (χ0n) is 19.4. The van der Waals surface area contributed by atoms with Gasteiger partial charge >= 0.3 is 0 Å². The second-order valence-electron chi connectivity index (χ2n) is 9.07. The van der Waals surface area contributed by atoms with Crippen molar-refractivity contribution < 1.29 is 4.39 Å². The molecule has 1 aliphatic rings. The number of nitrogens with zero attached hydrogens (tertiary/aromatic N) is 4. The number of fused-ring (bicyclic) bond motifs is 1. The molecule has 0 spiro atoms. The summed E-state index contributed by atoms with van der Waals surface area (Å²) in [5, 5.41) is 5.74. The van der Waals surface area contributed by atoms with Crippen LogP contribution in [0, 0.1) is 12.7 Å². The van der Waals surface area contributed by atoms with Crippen molar-refractivity contribution in [2.75, 3.05) is 26.2 Å². The summed E-state index contributed by atoms with van der Waals surface area (Å²) in [6, 6.07) is 22.2. The summed E-state index contributed by atoms with van der Waals surface area (Å²) in [5.74, 6) is -0.234. The molecule has 1 fully saturated rings. The number of benzene rings is 3. The maximum atomic E-state index is 13.4. The largest absolute Gasteiger partial charge is 0.296 e. The lowest BCUT2D eigenvalue weighted by Crippen LogP contribution is -2.48. The SMILES string of the molecule is CCCN1CCN(Cc2ccccc2)C[C@@H]1c1cc2cnn(-c3ccc(F)cc3)c2cc1C. The van der Waals surface area contributed by atoms with E-state index in [9.17, 15) is 4.39 Å². The van der Waals surface area contributed by atoms with Crippen LogP contribution in [0.15, 0.2) is 72.9 Å². The number of piperazine rings is 1. The quantitative estimate of drug-likeness (QED) is 0.380. The smallest absolute Gasteiger partial charge is 0.123 e. The lowest BCUT2D eigenvalue weighted by Gasteiger charge is -2.42. The van der Waals surface area contributed by atoms with Gasteiger partial charge in [-0.1, -0.05) is 37.3 Å². The normalized spacial score (nSPS) is 17.6. The van der Waals surface area contributed by atoms with Gasteiger partial charge in [0.2, 0.25) is 0 Å². The van der Waals surface area contributed by atoms with Crippen molar-refractivity contribution in [1.29, 1.82) is 0 Å². The summed E-state index contributed by atoms with van der Waals surface area (Å²) in [6.07, 6.45) is 3.08. The molecule has 1 aliphatic heterocycles. The Morgan fingerprint density at radius 3 is 2.55 bits per heavy atom. The molecule has 0 unspecified atom stereocenters. The van der Waals surface area contributed by atoms with Gasteiger partial charge in [-0.05, 0) is 73.0 Å². The second-order valence-corrected chi connectivity index (χ2v) is 9.07. The Morgan fingerprint density at radius 2 is 1.79 bits per heavy atom. The van der Waals surface area contributed by atoms with Crippen LogP contribution >= 0.6 is 0 Å². The molecular formula is C28H31FN4. The van der Waals surface area contributed by atoms with Crippen molar-refractivity contribution in [3.63, 3.8) is 0 Å². The van der Waals surface area contributed by atoms with Crippen LogP contribution in [0.5, 0.6) is 0 Å². The first-order valence-electron chi connectivity index (χ1n) is 11.9. The predicted molar refractivity (Wildman–Crippen MR) is 132 cm³/mol. The van der Waals surface area contributed by atoms with Crippen molar-refractivity contribution >= 4 is 10.9 Å². The Balaban J connectivity index is 1.47. The first kappa shape index (κ1) is 21.8. The molecular weight excluding hydrogens is 411 g/mol. The number of rotatable bonds is 6. The number of aromatic nitrogens is 2. The van der Waals surface area contributed by atoms with E-state index in [1.165, 1.54) is 28.8 Å². The van der Waals surface area contributed by atoms with Crippen molar-refractivity contribution in [3.05, 3.63) is 95.4 Å². The molecule has 4 aromatic rings. The second kappa shape index (κ2) is 9.46. The number of aryl methyl sites for hydroxylation is 1. The Labute approximate surface area is 195 Å². The van der Waals surface area contributed by atoms with Crippen LogP contribution in [0.4, 0.5) is 4.39 Å². The molecule has 3 aromatic carbocycles. The van der Waals surface area contributed by atoms with Gasteiger partial charge in [-0.15, -0.1) is 0 Å². The monoisotopic (exact) mass is 442 g/mol. The fourth-order valence-electron chi connectivity index (χ4n) is 5.06. The van der Waals surface area contributed by atoms with Crippen molar-refractivity contribution in [1.82, 2.24) is 19.6 Å². The molecule has 0 radical (unpaired) electrons. The van der Waals surface area contributed by atoms with Gasteiger partial charge in [0.15, 0.2) is 0 Å². The summed E-state index contributed by atoms with van der Waals surface area (Å²) in [6.45, 7) is 9.75. The van der Waals surface area contributed by atoms with Crippen LogP contribution in [0.1, 0.15) is 36.1 Å². The van der Waals surface area contributed by atoms with Gasteiger partial charge in [-0.2, -0.15) is 5.10 Å². The molecule has 1 aromatic heterocycles. The maximum Gasteiger partial charge on any atom is 0.123 e. The van der Waals surface area contributed by atoms with Gasteiger partial charge in [0.25, 0.3) is 0 Å². The van der Waals surface area contributed by atoms with Crippen LogP contribution < -0.4 is 0 Å². The minimum absolute atomic E-state index is 0.234. The highest BCUT2D eigenvalue weighted by molar-refractivity contribution is 5.82. The van der Waals surface area contributed by atoms with Crippen LogP contribution in [0.3, 0.4) is 0 Å². The lowest BCUT2D eigenvalue weighted by molar-refractivity contribution is 0.0693. The molecule has 0 saturated carbocycles. The molecule has 33 heavy (non-hydrogen) atoms. The van der Waals surface area contributed by atoms with Gasteiger partial charge in [-0.25, -0.2) is 9.07 Å². The minimum atomic E-state index is -0.234. The van der Waals surface area contributed by atoms with Gasteiger partial charge < -0.3 is 0 Å². The average Bonchev–Trinajstić information content (AvgIpc) is 3.23. The van der Waals surface area contributed by atoms with Crippen LogP contribution in [-0.2, 0) is 6.54 Å². The predicted octanol–water partition coefficient (Wildman–Crippen LogP) is 5.74. The number of hydrogen-bond donors (Lipinski definition) is 0. The topological polar surface area (TPSA) is 24.3 Å². The standard InChI is InChI=1S/C28H31FN4/c1-3-13-32-15-14-31(19-22-7-5-4-6-8-22)20-28(32)26-17-23-18-30-33(27(23)16-21(26)2)25-11-9-24(29)10-12-25/h4-12,16-18,28H,3,13-15,19-20H2,1-2H3/t28-/m1/s1. The van der Waals surface area contributed by atoms with Crippen LogP contribution in [-0.4, -0.2) is 45.8 Å². The highest BCUT2D eigenvalue weighted by atomic mass is 19.1. The molecule has 0 bridgehead atoms. The summed E-state index contributed by atoms with van der Waals surface area (Å²) in [7, 11) is 0. The molecule has 4 nitrogen and oxygen atoms in total. The third-order valence-corrected chi connectivity index (χ3v) is 6.72. The highest BCUT2D eigenvalue weighted by Crippen LogP contribution is 2.32. The summed E-state index contributed by atoms with van der Waals surface area (Å²) < 4.78 is 15.3. The summed E-state index contributed by atoms with van der Waals surface area (Å²) >= 11 is 0. The fraction of sp³-hybridized carbons (Fsp3) is 0.321. The van der Waals surface area contributed by atoms with Crippen LogP contribution in [0.2, 0.25) is 0 Å². The van der Waals surface area contributed by atoms with E-state index in [2.05, 4.69) is 71.2 Å². The average molecular weight is 443 g/mol. The van der Waals surface area contributed by atoms with E-state index in [0.29, 0.717) is 6.04 Å².